The lowest BCUT2D eigenvalue weighted by Crippen LogP contribution is -2.30. The van der Waals surface area contributed by atoms with E-state index in [-0.39, 0.29) is 31.1 Å². The predicted molar refractivity (Wildman–Crippen MR) is 344 cm³/mol. The second-order valence-electron chi connectivity index (χ2n) is 22.7. The summed E-state index contributed by atoms with van der Waals surface area (Å²) in [6.45, 7) is 6.56. The molecule has 0 N–H and O–H groups in total. The normalized spacial score (nSPS) is 12.6. The molecule has 0 aromatic rings. The van der Waals surface area contributed by atoms with Crippen LogP contribution in [-0.2, 0) is 28.6 Å². The van der Waals surface area contributed by atoms with Gasteiger partial charge in [-0.2, -0.15) is 0 Å². The Bertz CT molecular complexity index is 1500. The van der Waals surface area contributed by atoms with Crippen LogP contribution in [0, 0.1) is 0 Å². The predicted octanol–water partition coefficient (Wildman–Crippen LogP) is 23.4. The van der Waals surface area contributed by atoms with Crippen molar-refractivity contribution in [3.63, 3.8) is 0 Å². The van der Waals surface area contributed by atoms with Crippen LogP contribution in [0.15, 0.2) is 85.1 Å². The molecular weight excluding hydrogens is 973 g/mol. The van der Waals surface area contributed by atoms with Crippen LogP contribution in [0.25, 0.3) is 0 Å². The van der Waals surface area contributed by atoms with Crippen LogP contribution in [0.2, 0.25) is 0 Å². The first-order chi connectivity index (χ1) is 39.0. The molecule has 0 aliphatic rings. The first-order valence-electron chi connectivity index (χ1n) is 34.1. The first-order valence-corrected chi connectivity index (χ1v) is 34.1. The fraction of sp³-hybridized carbons (Fsp3) is 0.767. The van der Waals surface area contributed by atoms with Gasteiger partial charge < -0.3 is 14.2 Å². The van der Waals surface area contributed by atoms with Gasteiger partial charge in [-0.3, -0.25) is 14.4 Å². The largest absolute Gasteiger partial charge is 0.462 e. The molecule has 0 saturated heterocycles. The van der Waals surface area contributed by atoms with Crippen LogP contribution in [0.5, 0.6) is 0 Å². The van der Waals surface area contributed by atoms with Crippen LogP contribution in [0.1, 0.15) is 342 Å². The number of unbranched alkanes of at least 4 members (excludes halogenated alkanes) is 37. The van der Waals surface area contributed by atoms with Crippen molar-refractivity contribution >= 4 is 17.9 Å². The lowest BCUT2D eigenvalue weighted by Gasteiger charge is -2.18. The second kappa shape index (κ2) is 67.1. The number of carbonyl (C=O) groups excluding carboxylic acids is 3. The van der Waals surface area contributed by atoms with Crippen molar-refractivity contribution in [2.24, 2.45) is 0 Å². The Balaban J connectivity index is 4.33. The number of rotatable bonds is 62. The third kappa shape index (κ3) is 65.3. The SMILES string of the molecule is CC/C=C\C/C=C\C/C=C\C/C=C\C/C=C\C/C=C\CCCCCCCCC(=O)OCC(COC(=O)CCCCCCCCCCCCCCC)OC(=O)CCCCCCCCCCCCC/C=C\CCCCCCCCCC. The summed E-state index contributed by atoms with van der Waals surface area (Å²) >= 11 is 0. The summed E-state index contributed by atoms with van der Waals surface area (Å²) in [4.78, 5) is 38.4. The molecule has 0 amide bonds. The van der Waals surface area contributed by atoms with E-state index in [1.807, 2.05) is 0 Å². The topological polar surface area (TPSA) is 78.9 Å². The average Bonchev–Trinajstić information content (AvgIpc) is 3.45. The highest BCUT2D eigenvalue weighted by atomic mass is 16.6. The zero-order valence-electron chi connectivity index (χ0n) is 52.4. The molecule has 456 valence electrons. The number of carbonyl (C=O) groups is 3. The van der Waals surface area contributed by atoms with Crippen LogP contribution in [-0.4, -0.2) is 37.2 Å². The minimum absolute atomic E-state index is 0.0781. The zero-order valence-corrected chi connectivity index (χ0v) is 52.4. The average molecular weight is 1100 g/mol. The molecule has 0 radical (unpaired) electrons. The van der Waals surface area contributed by atoms with Crippen molar-refractivity contribution < 1.29 is 28.6 Å². The molecule has 0 aliphatic heterocycles. The maximum absolute atomic E-state index is 12.9. The van der Waals surface area contributed by atoms with E-state index in [9.17, 15) is 14.4 Å². The number of esters is 3. The Morgan fingerprint density at radius 1 is 0.266 bits per heavy atom. The molecule has 79 heavy (non-hydrogen) atoms. The molecule has 0 aromatic heterocycles. The summed E-state index contributed by atoms with van der Waals surface area (Å²) in [6.07, 6.45) is 88.8. The highest BCUT2D eigenvalue weighted by Crippen LogP contribution is 2.17. The summed E-state index contributed by atoms with van der Waals surface area (Å²) in [5.74, 6) is -0.877. The summed E-state index contributed by atoms with van der Waals surface area (Å²) in [6, 6.07) is 0. The van der Waals surface area contributed by atoms with E-state index in [0.717, 1.165) is 103 Å². The van der Waals surface area contributed by atoms with E-state index in [1.54, 1.807) is 0 Å². The lowest BCUT2D eigenvalue weighted by molar-refractivity contribution is -0.167. The van der Waals surface area contributed by atoms with Crippen LogP contribution in [0.3, 0.4) is 0 Å². The molecule has 1 unspecified atom stereocenters. The number of allylic oxidation sites excluding steroid dienone is 14. The van der Waals surface area contributed by atoms with Gasteiger partial charge in [0.2, 0.25) is 0 Å². The molecule has 0 heterocycles. The molecule has 0 aromatic carbocycles. The Labute approximate surface area is 490 Å². The van der Waals surface area contributed by atoms with Gasteiger partial charge in [-0.05, 0) is 96.3 Å². The number of hydrogen-bond donors (Lipinski definition) is 0. The number of ether oxygens (including phenoxy) is 3. The summed E-state index contributed by atoms with van der Waals surface area (Å²) in [7, 11) is 0. The molecule has 6 nitrogen and oxygen atoms in total. The third-order valence-corrected chi connectivity index (χ3v) is 14.9. The van der Waals surface area contributed by atoms with Gasteiger partial charge in [0.25, 0.3) is 0 Å². The molecule has 0 bridgehead atoms. The Morgan fingerprint density at radius 2 is 0.494 bits per heavy atom. The Kier molecular flexibility index (Phi) is 64.2. The van der Waals surface area contributed by atoms with Gasteiger partial charge in [0.15, 0.2) is 6.10 Å². The van der Waals surface area contributed by atoms with Gasteiger partial charge in [-0.15, -0.1) is 0 Å². The molecule has 1 atom stereocenters. The summed E-state index contributed by atoms with van der Waals surface area (Å²) < 4.78 is 17.0. The zero-order chi connectivity index (χ0) is 57.1. The van der Waals surface area contributed by atoms with Crippen LogP contribution in [0.4, 0.5) is 0 Å². The van der Waals surface area contributed by atoms with Crippen molar-refractivity contribution in [3.8, 4) is 0 Å². The maximum atomic E-state index is 12.9. The summed E-state index contributed by atoms with van der Waals surface area (Å²) in [5.41, 5.74) is 0. The molecule has 6 heteroatoms. The van der Waals surface area contributed by atoms with E-state index < -0.39 is 6.10 Å². The van der Waals surface area contributed by atoms with Crippen molar-refractivity contribution in [1.82, 2.24) is 0 Å². The molecule has 0 fully saturated rings. The van der Waals surface area contributed by atoms with Gasteiger partial charge in [0.1, 0.15) is 13.2 Å². The lowest BCUT2D eigenvalue weighted by atomic mass is 10.0. The maximum Gasteiger partial charge on any atom is 0.306 e. The minimum Gasteiger partial charge on any atom is -0.462 e. The molecule has 0 saturated carbocycles. The molecular formula is C73H128O6. The fourth-order valence-corrected chi connectivity index (χ4v) is 9.80. The summed E-state index contributed by atoms with van der Waals surface area (Å²) in [5, 5.41) is 0. The highest BCUT2D eigenvalue weighted by Gasteiger charge is 2.19. The molecule has 0 spiro atoms. The van der Waals surface area contributed by atoms with Crippen LogP contribution < -0.4 is 0 Å². The van der Waals surface area contributed by atoms with Gasteiger partial charge in [0, 0.05) is 19.3 Å². The van der Waals surface area contributed by atoms with Crippen molar-refractivity contribution in [1.29, 1.82) is 0 Å². The third-order valence-electron chi connectivity index (χ3n) is 14.9. The van der Waals surface area contributed by atoms with E-state index in [2.05, 4.69) is 106 Å². The monoisotopic (exact) mass is 1100 g/mol. The molecule has 0 aliphatic carbocycles. The van der Waals surface area contributed by atoms with E-state index >= 15 is 0 Å². The quantitative estimate of drug-likeness (QED) is 0.0261. The second-order valence-corrected chi connectivity index (χ2v) is 22.7. The van der Waals surface area contributed by atoms with Gasteiger partial charge in [-0.25, -0.2) is 0 Å². The fourth-order valence-electron chi connectivity index (χ4n) is 9.80. The van der Waals surface area contributed by atoms with E-state index in [4.69, 9.17) is 14.2 Å². The molecule has 0 rings (SSSR count). The van der Waals surface area contributed by atoms with Gasteiger partial charge in [-0.1, -0.05) is 311 Å². The van der Waals surface area contributed by atoms with E-state index in [1.165, 1.54) is 199 Å². The van der Waals surface area contributed by atoms with Crippen molar-refractivity contribution in [2.45, 2.75) is 348 Å². The first kappa shape index (κ1) is 75.6. The minimum atomic E-state index is -0.783. The van der Waals surface area contributed by atoms with Gasteiger partial charge in [0.05, 0.1) is 0 Å². The standard InChI is InChI=1S/C73H128O6/c1-4-7-10-13-16-19-22-25-27-29-31-33-35-36-38-39-41-43-45-48-51-54-57-60-63-66-72(75)78-69-70(68-77-71(74)65-62-59-56-53-50-47-24-21-18-15-12-9-6-3)79-73(76)67-64-61-58-55-52-49-46-44-42-40-37-34-32-30-28-26-23-20-17-14-11-8-5-2/h7,10,16,19,25,27,30-33,36,38,41,43,70H,4-6,8-9,11-15,17-18,20-24,26,28-29,34-35,37,39-40,42,44-69H2,1-3H3/b10-7-,19-16-,27-25-,32-30-,33-31-,38-36-,43-41-. The smallest absolute Gasteiger partial charge is 0.306 e. The Morgan fingerprint density at radius 3 is 0.785 bits per heavy atom. The van der Waals surface area contributed by atoms with Crippen molar-refractivity contribution in [2.75, 3.05) is 13.2 Å². The Hall–Kier alpha value is -3.41. The highest BCUT2D eigenvalue weighted by molar-refractivity contribution is 5.71. The van der Waals surface area contributed by atoms with Gasteiger partial charge >= 0.3 is 17.9 Å². The number of hydrogen-bond acceptors (Lipinski definition) is 6. The van der Waals surface area contributed by atoms with Crippen LogP contribution >= 0.6 is 0 Å². The van der Waals surface area contributed by atoms with Crippen molar-refractivity contribution in [3.05, 3.63) is 85.1 Å². The van der Waals surface area contributed by atoms with E-state index in [0.29, 0.717) is 19.3 Å².